The number of aliphatic imine (C=N–C) groups is 1. The second-order valence-corrected chi connectivity index (χ2v) is 7.36. The molecule has 0 spiro atoms. The van der Waals surface area contributed by atoms with Gasteiger partial charge < -0.3 is 37.6 Å². The highest BCUT2D eigenvalue weighted by Gasteiger charge is 2.44. The van der Waals surface area contributed by atoms with Crippen molar-refractivity contribution in [2.75, 3.05) is 13.1 Å². The van der Waals surface area contributed by atoms with Gasteiger partial charge in [-0.25, -0.2) is 4.79 Å². The maximum Gasteiger partial charge on any atom is 0.326 e. The lowest BCUT2D eigenvalue weighted by Gasteiger charge is -2.25. The highest BCUT2D eigenvalue weighted by Crippen LogP contribution is 2.25. The summed E-state index contributed by atoms with van der Waals surface area (Å²) in [5, 5.41) is 20.8. The number of nitrogens with two attached hydrogens (primary N) is 3. The zero-order chi connectivity index (χ0) is 23.7. The van der Waals surface area contributed by atoms with Gasteiger partial charge in [-0.05, 0) is 32.6 Å². The number of amides is 2. The lowest BCUT2D eigenvalue weighted by atomic mass is 9.93. The average Bonchev–Trinajstić information content (AvgIpc) is 3.04. The predicted octanol–water partition coefficient (Wildman–Crippen LogP) is -2.39. The van der Waals surface area contributed by atoms with Crippen molar-refractivity contribution in [2.45, 2.75) is 57.2 Å². The molecule has 1 aliphatic rings. The monoisotopic (exact) mass is 442 g/mol. The van der Waals surface area contributed by atoms with E-state index in [2.05, 4.69) is 10.3 Å². The smallest absolute Gasteiger partial charge is 0.326 e. The molecule has 1 fully saturated rings. The zero-order valence-electron chi connectivity index (χ0n) is 17.3. The predicted molar refractivity (Wildman–Crippen MR) is 109 cm³/mol. The van der Waals surface area contributed by atoms with E-state index in [1.54, 1.807) is 0 Å². The van der Waals surface area contributed by atoms with Crippen molar-refractivity contribution in [3.8, 4) is 0 Å². The van der Waals surface area contributed by atoms with Crippen LogP contribution in [0.25, 0.3) is 0 Å². The van der Waals surface area contributed by atoms with Gasteiger partial charge in [0.05, 0.1) is 12.1 Å². The molecule has 13 nitrogen and oxygen atoms in total. The van der Waals surface area contributed by atoms with Crippen molar-refractivity contribution in [1.29, 1.82) is 0 Å². The van der Waals surface area contributed by atoms with Gasteiger partial charge in [-0.3, -0.25) is 24.2 Å². The fourth-order valence-corrected chi connectivity index (χ4v) is 3.28. The van der Waals surface area contributed by atoms with Gasteiger partial charge in [-0.2, -0.15) is 0 Å². The van der Waals surface area contributed by atoms with Crippen LogP contribution < -0.4 is 22.5 Å². The Kier molecular flexibility index (Phi) is 9.86. The van der Waals surface area contributed by atoms with Gasteiger partial charge >= 0.3 is 11.9 Å². The van der Waals surface area contributed by atoms with E-state index in [9.17, 15) is 29.1 Å². The summed E-state index contributed by atoms with van der Waals surface area (Å²) in [6.45, 7) is 1.63. The van der Waals surface area contributed by atoms with E-state index >= 15 is 0 Å². The molecule has 2 amide bonds. The Morgan fingerprint density at radius 2 is 1.87 bits per heavy atom. The second-order valence-electron chi connectivity index (χ2n) is 7.36. The van der Waals surface area contributed by atoms with Crippen molar-refractivity contribution in [3.05, 3.63) is 0 Å². The second kappa shape index (κ2) is 11.8. The fraction of sp³-hybridized carbons (Fsp3) is 0.667. The molecule has 0 saturated carbocycles. The first kappa shape index (κ1) is 25.8. The maximum atomic E-state index is 12.9. The highest BCUT2D eigenvalue weighted by molar-refractivity contribution is 6.07. The summed E-state index contributed by atoms with van der Waals surface area (Å²) >= 11 is 0. The number of carbonyl (C=O) groups is 5. The van der Waals surface area contributed by atoms with Crippen LogP contribution in [-0.2, 0) is 24.0 Å². The number of rotatable bonds is 13. The average molecular weight is 442 g/mol. The number of hydrogen-bond donors (Lipinski definition) is 6. The van der Waals surface area contributed by atoms with Crippen LogP contribution in [0.4, 0.5) is 0 Å². The molecule has 0 aromatic carbocycles. The van der Waals surface area contributed by atoms with E-state index in [4.69, 9.17) is 22.3 Å². The minimum absolute atomic E-state index is 0.0430. The molecule has 4 atom stereocenters. The standard InChI is InChI=1S/C18H30N6O7/c1-9(19)15(28)23-11(4-5-13(25)26)14(27)10-6-8-24(16(10)29)12(17(30)31)3-2-7-22-18(20)21/h9-12H,2-8,19H2,1H3,(H,23,28)(H,25,26)(H,30,31)(H4,20,21,22)/t9-,10+,11-,12-/m0/s1. The number of carboxylic acids is 2. The van der Waals surface area contributed by atoms with Gasteiger partial charge in [0.2, 0.25) is 11.8 Å². The van der Waals surface area contributed by atoms with E-state index in [-0.39, 0.29) is 38.3 Å². The van der Waals surface area contributed by atoms with Crippen molar-refractivity contribution in [3.63, 3.8) is 0 Å². The van der Waals surface area contributed by atoms with Crippen LogP contribution in [0.2, 0.25) is 0 Å². The van der Waals surface area contributed by atoms with Crippen molar-refractivity contribution >= 4 is 35.5 Å². The summed E-state index contributed by atoms with van der Waals surface area (Å²) in [7, 11) is 0. The summed E-state index contributed by atoms with van der Waals surface area (Å²) in [4.78, 5) is 65.1. The molecule has 1 saturated heterocycles. The summed E-state index contributed by atoms with van der Waals surface area (Å²) in [5.41, 5.74) is 15.9. The van der Waals surface area contributed by atoms with E-state index < -0.39 is 60.0 Å². The van der Waals surface area contributed by atoms with Gasteiger partial charge in [0.1, 0.15) is 12.0 Å². The van der Waals surface area contributed by atoms with E-state index in [1.165, 1.54) is 6.92 Å². The minimum Gasteiger partial charge on any atom is -0.481 e. The first-order chi connectivity index (χ1) is 14.5. The summed E-state index contributed by atoms with van der Waals surface area (Å²) in [6, 6.07) is -3.30. The van der Waals surface area contributed by atoms with Crippen LogP contribution in [0, 0.1) is 5.92 Å². The SMILES string of the molecule is C[C@H](N)C(=O)N[C@@H](CCC(=O)O)C(=O)[C@H]1CCN([C@@H](CCCN=C(N)N)C(=O)O)C1=O. The number of nitrogens with one attached hydrogen (secondary N) is 1. The van der Waals surface area contributed by atoms with Crippen molar-refractivity contribution in [2.24, 2.45) is 28.1 Å². The third kappa shape index (κ3) is 7.85. The van der Waals surface area contributed by atoms with Crippen LogP contribution >= 0.6 is 0 Å². The number of guanidine groups is 1. The van der Waals surface area contributed by atoms with Crippen molar-refractivity contribution < 1.29 is 34.2 Å². The molecule has 0 aromatic heterocycles. The molecule has 0 bridgehead atoms. The molecule has 31 heavy (non-hydrogen) atoms. The Labute approximate surface area is 179 Å². The third-order valence-corrected chi connectivity index (χ3v) is 4.90. The maximum absolute atomic E-state index is 12.9. The first-order valence-corrected chi connectivity index (χ1v) is 9.85. The lowest BCUT2D eigenvalue weighted by Crippen LogP contribution is -2.50. The molecule has 0 aromatic rings. The number of aliphatic carboxylic acids is 2. The summed E-state index contributed by atoms with van der Waals surface area (Å²) in [6.07, 6.45) is -0.154. The molecular weight excluding hydrogens is 412 g/mol. The molecule has 1 aliphatic heterocycles. The highest BCUT2D eigenvalue weighted by atomic mass is 16.4. The van der Waals surface area contributed by atoms with Gasteiger partial charge in [0.15, 0.2) is 11.7 Å². The quantitative estimate of drug-likeness (QED) is 0.0766. The number of likely N-dealkylation sites (tertiary alicyclic amines) is 1. The Morgan fingerprint density at radius 3 is 2.39 bits per heavy atom. The number of hydrogen-bond acceptors (Lipinski definition) is 7. The Morgan fingerprint density at radius 1 is 1.23 bits per heavy atom. The molecule has 1 rings (SSSR count). The van der Waals surface area contributed by atoms with Gasteiger partial charge in [-0.15, -0.1) is 0 Å². The molecule has 0 aliphatic carbocycles. The molecule has 9 N–H and O–H groups in total. The number of carboxylic acid groups (broad SMARTS) is 2. The van der Waals surface area contributed by atoms with Crippen LogP contribution in [0.15, 0.2) is 4.99 Å². The van der Waals surface area contributed by atoms with Gasteiger partial charge in [0, 0.05) is 19.5 Å². The van der Waals surface area contributed by atoms with E-state index in [0.29, 0.717) is 6.42 Å². The molecule has 0 radical (unpaired) electrons. The number of nitrogens with zero attached hydrogens (tertiary/aromatic N) is 2. The van der Waals surface area contributed by atoms with Gasteiger partial charge in [0.25, 0.3) is 0 Å². The molecule has 174 valence electrons. The molecule has 1 heterocycles. The van der Waals surface area contributed by atoms with Crippen LogP contribution in [0.1, 0.15) is 39.0 Å². The largest absolute Gasteiger partial charge is 0.481 e. The van der Waals surface area contributed by atoms with E-state index in [0.717, 1.165) is 4.90 Å². The Bertz CT molecular complexity index is 735. The van der Waals surface area contributed by atoms with E-state index in [1.807, 2.05) is 0 Å². The fourth-order valence-electron chi connectivity index (χ4n) is 3.28. The van der Waals surface area contributed by atoms with Crippen LogP contribution in [0.3, 0.4) is 0 Å². The summed E-state index contributed by atoms with van der Waals surface area (Å²) in [5.74, 6) is -5.68. The lowest BCUT2D eigenvalue weighted by molar-refractivity contribution is -0.151. The number of ketones is 1. The van der Waals surface area contributed by atoms with Crippen LogP contribution in [0.5, 0.6) is 0 Å². The first-order valence-electron chi connectivity index (χ1n) is 9.85. The Balaban J connectivity index is 2.90. The molecular formula is C18H30N6O7. The zero-order valence-corrected chi connectivity index (χ0v) is 17.3. The third-order valence-electron chi connectivity index (χ3n) is 4.90. The normalized spacial score (nSPS) is 18.7. The van der Waals surface area contributed by atoms with Crippen molar-refractivity contribution in [1.82, 2.24) is 10.2 Å². The molecule has 13 heteroatoms. The minimum atomic E-state index is -1.22. The van der Waals surface area contributed by atoms with Gasteiger partial charge in [-0.1, -0.05) is 0 Å². The summed E-state index contributed by atoms with van der Waals surface area (Å²) < 4.78 is 0. The molecule has 0 unspecified atom stereocenters. The number of carbonyl (C=O) groups excluding carboxylic acids is 3. The topological polar surface area (TPSA) is 232 Å². The number of Topliss-reactive ketones (excluding diaryl/α,β-unsaturated/α-hetero) is 1. The van der Waals surface area contributed by atoms with Crippen LogP contribution in [-0.4, -0.2) is 81.8 Å². The Hall–Kier alpha value is -3.22.